The first-order valence-electron chi connectivity index (χ1n) is 7.54. The van der Waals surface area contributed by atoms with Gasteiger partial charge in [0.15, 0.2) is 0 Å². The summed E-state index contributed by atoms with van der Waals surface area (Å²) in [5, 5.41) is 0. The number of hydrogen-bond acceptors (Lipinski definition) is 2. The van der Waals surface area contributed by atoms with Crippen LogP contribution in [0.4, 0.5) is 4.39 Å². The summed E-state index contributed by atoms with van der Waals surface area (Å²) in [6, 6.07) is 7.68. The van der Waals surface area contributed by atoms with E-state index in [1.807, 2.05) is 6.07 Å². The van der Waals surface area contributed by atoms with Crippen molar-refractivity contribution in [2.45, 2.75) is 62.7 Å². The zero-order chi connectivity index (χ0) is 13.0. The number of nitrogens with zero attached hydrogens (tertiary/aromatic N) is 1. The molecule has 3 unspecified atom stereocenters. The molecular weight excluding hydrogens is 239 g/mol. The fourth-order valence-corrected chi connectivity index (χ4v) is 4.66. The average Bonchev–Trinajstić information content (AvgIpc) is 2.90. The minimum Gasteiger partial charge on any atom is -0.328 e. The van der Waals surface area contributed by atoms with Crippen molar-refractivity contribution < 1.29 is 4.39 Å². The van der Waals surface area contributed by atoms with Gasteiger partial charge in [-0.25, -0.2) is 4.39 Å². The van der Waals surface area contributed by atoms with E-state index in [2.05, 4.69) is 11.0 Å². The molecule has 2 heterocycles. The molecule has 19 heavy (non-hydrogen) atoms. The van der Waals surface area contributed by atoms with Crippen molar-refractivity contribution in [3.8, 4) is 0 Å². The van der Waals surface area contributed by atoms with Gasteiger partial charge in [-0.1, -0.05) is 12.1 Å². The summed E-state index contributed by atoms with van der Waals surface area (Å²) in [7, 11) is 0. The number of hydrogen-bond donors (Lipinski definition) is 1. The fourth-order valence-electron chi connectivity index (χ4n) is 4.66. The Bertz CT molecular complexity index is 488. The lowest BCUT2D eigenvalue weighted by Crippen LogP contribution is -2.48. The SMILES string of the molecule is NC1CC2CCC(C1)N2C1CCc2c(F)cccc21. The highest BCUT2D eigenvalue weighted by atomic mass is 19.1. The van der Waals surface area contributed by atoms with E-state index in [0.717, 1.165) is 31.2 Å². The van der Waals surface area contributed by atoms with E-state index in [1.54, 1.807) is 6.07 Å². The molecular formula is C16H21FN2. The van der Waals surface area contributed by atoms with Gasteiger partial charge in [0.1, 0.15) is 5.82 Å². The lowest BCUT2D eigenvalue weighted by molar-refractivity contribution is 0.0773. The van der Waals surface area contributed by atoms with Crippen LogP contribution < -0.4 is 5.73 Å². The van der Waals surface area contributed by atoms with Gasteiger partial charge in [-0.2, -0.15) is 0 Å². The number of fused-ring (bicyclic) bond motifs is 3. The fraction of sp³-hybridized carbons (Fsp3) is 0.625. The Morgan fingerprint density at radius 3 is 2.58 bits per heavy atom. The van der Waals surface area contributed by atoms with Gasteiger partial charge in [-0.3, -0.25) is 4.90 Å². The molecule has 1 aromatic rings. The van der Waals surface area contributed by atoms with Crippen LogP contribution in [0.15, 0.2) is 18.2 Å². The molecule has 1 aliphatic carbocycles. The van der Waals surface area contributed by atoms with E-state index in [-0.39, 0.29) is 5.82 Å². The predicted octanol–water partition coefficient (Wildman–Crippen LogP) is 2.77. The monoisotopic (exact) mass is 260 g/mol. The van der Waals surface area contributed by atoms with Crippen molar-refractivity contribution in [2.75, 3.05) is 0 Å². The molecule has 2 fully saturated rings. The van der Waals surface area contributed by atoms with Crippen molar-refractivity contribution in [3.05, 3.63) is 35.1 Å². The van der Waals surface area contributed by atoms with E-state index < -0.39 is 0 Å². The quantitative estimate of drug-likeness (QED) is 0.841. The molecule has 0 amide bonds. The Kier molecular flexibility index (Phi) is 2.68. The second-order valence-corrected chi connectivity index (χ2v) is 6.43. The first-order valence-corrected chi connectivity index (χ1v) is 7.54. The highest BCUT2D eigenvalue weighted by molar-refractivity contribution is 5.36. The van der Waals surface area contributed by atoms with Crippen molar-refractivity contribution in [3.63, 3.8) is 0 Å². The number of halogens is 1. The van der Waals surface area contributed by atoms with Gasteiger partial charge in [0.05, 0.1) is 0 Å². The summed E-state index contributed by atoms with van der Waals surface area (Å²) in [5.74, 6) is -0.0129. The summed E-state index contributed by atoms with van der Waals surface area (Å²) in [4.78, 5) is 2.68. The molecule has 2 N–H and O–H groups in total. The third-order valence-corrected chi connectivity index (χ3v) is 5.37. The maximum absolute atomic E-state index is 13.9. The number of nitrogens with two attached hydrogens (primary N) is 1. The lowest BCUT2D eigenvalue weighted by Gasteiger charge is -2.42. The molecule has 2 aliphatic heterocycles. The van der Waals surface area contributed by atoms with Gasteiger partial charge >= 0.3 is 0 Å². The topological polar surface area (TPSA) is 29.3 Å². The van der Waals surface area contributed by atoms with Crippen molar-refractivity contribution in [2.24, 2.45) is 5.73 Å². The molecule has 0 aromatic heterocycles. The first-order chi connectivity index (χ1) is 9.24. The Balaban J connectivity index is 1.68. The molecule has 4 rings (SSSR count). The van der Waals surface area contributed by atoms with Crippen LogP contribution in [-0.4, -0.2) is 23.0 Å². The van der Waals surface area contributed by atoms with Gasteiger partial charge in [0.25, 0.3) is 0 Å². The van der Waals surface area contributed by atoms with Gasteiger partial charge in [0.2, 0.25) is 0 Å². The molecule has 2 saturated heterocycles. The van der Waals surface area contributed by atoms with Crippen LogP contribution in [0.1, 0.15) is 49.3 Å². The van der Waals surface area contributed by atoms with Gasteiger partial charge < -0.3 is 5.73 Å². The van der Waals surface area contributed by atoms with Crippen LogP contribution in [0, 0.1) is 5.82 Å². The zero-order valence-corrected chi connectivity index (χ0v) is 11.2. The third kappa shape index (κ3) is 1.75. The van der Waals surface area contributed by atoms with Gasteiger partial charge in [-0.15, -0.1) is 0 Å². The number of rotatable bonds is 1. The standard InChI is InChI=1S/C16H21FN2/c17-15-3-1-2-14-13(15)6-7-16(14)19-11-4-5-12(19)9-10(18)8-11/h1-3,10-12,16H,4-9,18H2. The Labute approximate surface area is 113 Å². The molecule has 2 bridgehead atoms. The molecule has 2 nitrogen and oxygen atoms in total. The van der Waals surface area contributed by atoms with Crippen molar-refractivity contribution in [1.29, 1.82) is 0 Å². The summed E-state index contributed by atoms with van der Waals surface area (Å²) in [6.07, 6.45) is 6.78. The highest BCUT2D eigenvalue weighted by Gasteiger charge is 2.45. The van der Waals surface area contributed by atoms with Crippen LogP contribution in [0.5, 0.6) is 0 Å². The molecule has 3 heteroatoms. The average molecular weight is 260 g/mol. The number of piperidine rings is 1. The second kappa shape index (κ2) is 4.29. The van der Waals surface area contributed by atoms with Crippen LogP contribution in [0.25, 0.3) is 0 Å². The molecule has 1 aromatic carbocycles. The largest absolute Gasteiger partial charge is 0.328 e. The summed E-state index contributed by atoms with van der Waals surface area (Å²) >= 11 is 0. The van der Waals surface area contributed by atoms with E-state index in [0.29, 0.717) is 24.2 Å². The highest BCUT2D eigenvalue weighted by Crippen LogP contribution is 2.46. The summed E-state index contributed by atoms with van der Waals surface area (Å²) < 4.78 is 13.9. The lowest BCUT2D eigenvalue weighted by atomic mass is 9.94. The van der Waals surface area contributed by atoms with E-state index >= 15 is 0 Å². The Morgan fingerprint density at radius 2 is 1.84 bits per heavy atom. The maximum Gasteiger partial charge on any atom is 0.126 e. The van der Waals surface area contributed by atoms with Crippen molar-refractivity contribution in [1.82, 2.24) is 4.90 Å². The van der Waals surface area contributed by atoms with Crippen LogP contribution in [0.2, 0.25) is 0 Å². The van der Waals surface area contributed by atoms with Gasteiger partial charge in [0, 0.05) is 24.2 Å². The smallest absolute Gasteiger partial charge is 0.126 e. The minimum absolute atomic E-state index is 0.0129. The third-order valence-electron chi connectivity index (χ3n) is 5.37. The van der Waals surface area contributed by atoms with Crippen molar-refractivity contribution >= 4 is 0 Å². The predicted molar refractivity (Wildman–Crippen MR) is 73.3 cm³/mol. The normalized spacial score (nSPS) is 37.6. The summed E-state index contributed by atoms with van der Waals surface area (Å²) in [5.41, 5.74) is 8.35. The van der Waals surface area contributed by atoms with Crippen LogP contribution in [-0.2, 0) is 6.42 Å². The Morgan fingerprint density at radius 1 is 1.11 bits per heavy atom. The Hall–Kier alpha value is -0.930. The maximum atomic E-state index is 13.9. The van der Waals surface area contributed by atoms with Crippen LogP contribution >= 0.6 is 0 Å². The molecule has 102 valence electrons. The number of benzene rings is 1. The second-order valence-electron chi connectivity index (χ2n) is 6.43. The van der Waals surface area contributed by atoms with Crippen LogP contribution in [0.3, 0.4) is 0 Å². The zero-order valence-electron chi connectivity index (χ0n) is 11.2. The molecule has 3 aliphatic rings. The molecule has 3 atom stereocenters. The van der Waals surface area contributed by atoms with E-state index in [4.69, 9.17) is 5.73 Å². The minimum atomic E-state index is -0.0129. The molecule has 0 saturated carbocycles. The molecule has 0 radical (unpaired) electrons. The van der Waals surface area contributed by atoms with E-state index in [1.165, 1.54) is 18.4 Å². The molecule has 0 spiro atoms. The van der Waals surface area contributed by atoms with Gasteiger partial charge in [-0.05, 0) is 55.7 Å². The summed E-state index contributed by atoms with van der Waals surface area (Å²) in [6.45, 7) is 0. The van der Waals surface area contributed by atoms with E-state index in [9.17, 15) is 4.39 Å². The first kappa shape index (κ1) is 11.9.